The van der Waals surface area contributed by atoms with Crippen LogP contribution in [0.25, 0.3) is 10.8 Å². The number of nitrogens with one attached hydrogen (secondary N) is 1. The number of nitrogens with zero attached hydrogens (tertiary/aromatic N) is 1. The first-order chi connectivity index (χ1) is 11.1. The van der Waals surface area contributed by atoms with Gasteiger partial charge in [-0.25, -0.2) is 4.98 Å². The van der Waals surface area contributed by atoms with Crippen molar-refractivity contribution in [2.75, 3.05) is 5.32 Å². The van der Waals surface area contributed by atoms with Crippen molar-refractivity contribution in [3.63, 3.8) is 0 Å². The Morgan fingerprint density at radius 3 is 2.70 bits per heavy atom. The van der Waals surface area contributed by atoms with Crippen molar-refractivity contribution in [2.24, 2.45) is 5.73 Å². The molecule has 1 heterocycles. The second kappa shape index (κ2) is 6.58. The Bertz CT molecular complexity index is 868. The van der Waals surface area contributed by atoms with Crippen LogP contribution in [-0.4, -0.2) is 16.8 Å². The number of aromatic nitrogens is 1. The molecule has 0 unspecified atom stereocenters. The van der Waals surface area contributed by atoms with Gasteiger partial charge in [-0.05, 0) is 16.3 Å². The number of thiazole rings is 1. The van der Waals surface area contributed by atoms with Crippen LogP contribution in [0.4, 0.5) is 5.13 Å². The first kappa shape index (κ1) is 15.2. The van der Waals surface area contributed by atoms with Gasteiger partial charge >= 0.3 is 0 Å². The Morgan fingerprint density at radius 1 is 1.09 bits per heavy atom. The van der Waals surface area contributed by atoms with Gasteiger partial charge < -0.3 is 11.1 Å². The van der Waals surface area contributed by atoms with E-state index in [2.05, 4.69) is 10.3 Å². The predicted molar refractivity (Wildman–Crippen MR) is 91.3 cm³/mol. The van der Waals surface area contributed by atoms with Crippen molar-refractivity contribution in [1.29, 1.82) is 0 Å². The lowest BCUT2D eigenvalue weighted by Gasteiger charge is -2.06. The van der Waals surface area contributed by atoms with E-state index in [0.29, 0.717) is 10.8 Å². The summed E-state index contributed by atoms with van der Waals surface area (Å²) in [7, 11) is 0. The fraction of sp³-hybridized carbons (Fsp3) is 0.118. The van der Waals surface area contributed by atoms with Crippen molar-refractivity contribution in [1.82, 2.24) is 4.98 Å². The van der Waals surface area contributed by atoms with Gasteiger partial charge in [-0.1, -0.05) is 42.5 Å². The van der Waals surface area contributed by atoms with Crippen molar-refractivity contribution in [3.8, 4) is 0 Å². The fourth-order valence-electron chi connectivity index (χ4n) is 2.41. The Kier molecular flexibility index (Phi) is 4.34. The number of amides is 2. The van der Waals surface area contributed by atoms with Crippen LogP contribution in [0.2, 0.25) is 0 Å². The van der Waals surface area contributed by atoms with Gasteiger partial charge in [0.1, 0.15) is 0 Å². The lowest BCUT2D eigenvalue weighted by molar-refractivity contribution is -0.117. The summed E-state index contributed by atoms with van der Waals surface area (Å²) in [4.78, 5) is 27.3. The van der Waals surface area contributed by atoms with E-state index in [9.17, 15) is 9.59 Å². The molecule has 0 bridgehead atoms. The smallest absolute Gasteiger partial charge is 0.230 e. The molecule has 0 fully saturated rings. The highest BCUT2D eigenvalue weighted by atomic mass is 32.1. The van der Waals surface area contributed by atoms with Crippen molar-refractivity contribution < 1.29 is 9.59 Å². The minimum Gasteiger partial charge on any atom is -0.369 e. The van der Waals surface area contributed by atoms with Crippen LogP contribution in [0.1, 0.15) is 11.3 Å². The molecule has 0 saturated heterocycles. The number of nitrogens with two attached hydrogens (primary N) is 1. The largest absolute Gasteiger partial charge is 0.369 e. The Labute approximate surface area is 137 Å². The molecule has 0 saturated carbocycles. The predicted octanol–water partition coefficient (Wildman–Crippen LogP) is 2.51. The van der Waals surface area contributed by atoms with Crippen molar-refractivity contribution in [2.45, 2.75) is 12.8 Å². The van der Waals surface area contributed by atoms with Gasteiger partial charge in [-0.2, -0.15) is 0 Å². The van der Waals surface area contributed by atoms with E-state index < -0.39 is 5.91 Å². The summed E-state index contributed by atoms with van der Waals surface area (Å²) < 4.78 is 0. The minimum atomic E-state index is -0.441. The number of primary amides is 1. The third-order valence-electron chi connectivity index (χ3n) is 3.38. The molecular formula is C17H15N3O2S. The van der Waals surface area contributed by atoms with E-state index in [4.69, 9.17) is 5.73 Å². The topological polar surface area (TPSA) is 85.1 Å². The van der Waals surface area contributed by atoms with Gasteiger partial charge in [0.2, 0.25) is 11.8 Å². The molecule has 116 valence electrons. The summed E-state index contributed by atoms with van der Waals surface area (Å²) in [5.74, 6) is -0.578. The molecule has 5 nitrogen and oxygen atoms in total. The average molecular weight is 325 g/mol. The molecule has 3 rings (SSSR count). The molecule has 0 aliphatic heterocycles. The highest BCUT2D eigenvalue weighted by Crippen LogP contribution is 2.20. The zero-order chi connectivity index (χ0) is 16.2. The van der Waals surface area contributed by atoms with E-state index in [1.54, 1.807) is 5.38 Å². The molecule has 3 aromatic rings. The number of fused-ring (bicyclic) bond motifs is 1. The lowest BCUT2D eigenvalue weighted by Crippen LogP contribution is -2.15. The van der Waals surface area contributed by atoms with E-state index in [-0.39, 0.29) is 18.7 Å². The zero-order valence-corrected chi connectivity index (χ0v) is 13.1. The molecule has 6 heteroatoms. The Hall–Kier alpha value is -2.73. The maximum absolute atomic E-state index is 12.2. The highest BCUT2D eigenvalue weighted by molar-refractivity contribution is 7.13. The first-order valence-corrected chi connectivity index (χ1v) is 7.99. The molecule has 2 amide bonds. The number of hydrogen-bond acceptors (Lipinski definition) is 4. The number of carbonyl (C=O) groups excluding carboxylic acids is 2. The summed E-state index contributed by atoms with van der Waals surface area (Å²) in [5, 5.41) is 7.14. The molecule has 23 heavy (non-hydrogen) atoms. The van der Waals surface area contributed by atoms with E-state index >= 15 is 0 Å². The normalized spacial score (nSPS) is 10.6. The molecule has 0 radical (unpaired) electrons. The monoisotopic (exact) mass is 325 g/mol. The van der Waals surface area contributed by atoms with Gasteiger partial charge in [0.25, 0.3) is 0 Å². The van der Waals surface area contributed by atoms with Crippen LogP contribution in [0.3, 0.4) is 0 Å². The molecule has 0 atom stereocenters. The maximum atomic E-state index is 12.2. The minimum absolute atomic E-state index is 0.0791. The molecule has 0 aliphatic rings. The summed E-state index contributed by atoms with van der Waals surface area (Å²) in [5.41, 5.74) is 6.67. The number of carbonyl (C=O) groups is 2. The average Bonchev–Trinajstić information content (AvgIpc) is 2.93. The highest BCUT2D eigenvalue weighted by Gasteiger charge is 2.10. The number of hydrogen-bond donors (Lipinski definition) is 2. The van der Waals surface area contributed by atoms with Crippen LogP contribution in [0.5, 0.6) is 0 Å². The molecule has 1 aromatic heterocycles. The van der Waals surface area contributed by atoms with Crippen LogP contribution in [-0.2, 0) is 22.4 Å². The van der Waals surface area contributed by atoms with Crippen LogP contribution in [0.15, 0.2) is 47.8 Å². The third-order valence-corrected chi connectivity index (χ3v) is 4.19. The van der Waals surface area contributed by atoms with Crippen LogP contribution in [0, 0.1) is 0 Å². The summed E-state index contributed by atoms with van der Waals surface area (Å²) in [6, 6.07) is 13.9. The standard InChI is InChI=1S/C17H15N3O2S/c18-15(21)9-13-10-23-17(19-13)20-16(22)8-12-6-3-5-11-4-1-2-7-14(11)12/h1-7,10H,8-9H2,(H2,18,21)(H,19,20,22). The number of anilines is 1. The van der Waals surface area contributed by atoms with E-state index in [0.717, 1.165) is 16.3 Å². The third kappa shape index (κ3) is 3.73. The van der Waals surface area contributed by atoms with Gasteiger partial charge in [0.05, 0.1) is 18.5 Å². The second-order valence-corrected chi connectivity index (χ2v) is 6.01. The maximum Gasteiger partial charge on any atom is 0.230 e. The van der Waals surface area contributed by atoms with Crippen molar-refractivity contribution in [3.05, 3.63) is 59.1 Å². The number of rotatable bonds is 5. The van der Waals surface area contributed by atoms with Gasteiger partial charge in [0, 0.05) is 5.38 Å². The van der Waals surface area contributed by atoms with Crippen molar-refractivity contribution >= 4 is 39.1 Å². The molecule has 0 spiro atoms. The number of benzene rings is 2. The fourth-order valence-corrected chi connectivity index (χ4v) is 3.13. The summed E-state index contributed by atoms with van der Waals surface area (Å²) >= 11 is 1.28. The molecule has 2 aromatic carbocycles. The lowest BCUT2D eigenvalue weighted by atomic mass is 10.0. The molecule has 3 N–H and O–H groups in total. The summed E-state index contributed by atoms with van der Waals surface area (Å²) in [6.45, 7) is 0. The zero-order valence-electron chi connectivity index (χ0n) is 12.3. The SMILES string of the molecule is NC(=O)Cc1csc(NC(=O)Cc2cccc3ccccc23)n1. The second-order valence-electron chi connectivity index (χ2n) is 5.15. The van der Waals surface area contributed by atoms with Gasteiger partial charge in [-0.3, -0.25) is 9.59 Å². The van der Waals surface area contributed by atoms with E-state index in [1.807, 2.05) is 42.5 Å². The molecular weight excluding hydrogens is 310 g/mol. The van der Waals surface area contributed by atoms with E-state index in [1.165, 1.54) is 11.3 Å². The first-order valence-electron chi connectivity index (χ1n) is 7.11. The summed E-state index contributed by atoms with van der Waals surface area (Å²) in [6.07, 6.45) is 0.349. The van der Waals surface area contributed by atoms with Gasteiger partial charge in [-0.15, -0.1) is 11.3 Å². The van der Waals surface area contributed by atoms with Gasteiger partial charge in [0.15, 0.2) is 5.13 Å². The quantitative estimate of drug-likeness (QED) is 0.756. The van der Waals surface area contributed by atoms with Crippen LogP contribution < -0.4 is 11.1 Å². The Morgan fingerprint density at radius 2 is 1.87 bits per heavy atom. The van der Waals surface area contributed by atoms with Crippen LogP contribution >= 0.6 is 11.3 Å². The Balaban J connectivity index is 1.71. The molecule has 0 aliphatic carbocycles.